The molecule has 6 nitrogen and oxygen atoms in total. The summed E-state index contributed by atoms with van der Waals surface area (Å²) in [5.41, 5.74) is 9.25. The zero-order valence-electron chi connectivity index (χ0n) is 13.8. The zero-order valence-corrected chi connectivity index (χ0v) is 13.8. The number of rotatable bonds is 3. The Kier molecular flexibility index (Phi) is 3.94. The van der Waals surface area contributed by atoms with Crippen LogP contribution in [0.3, 0.4) is 0 Å². The predicted molar refractivity (Wildman–Crippen MR) is 92.7 cm³/mol. The highest BCUT2D eigenvalue weighted by atomic mass is 16.3. The van der Waals surface area contributed by atoms with E-state index in [2.05, 4.69) is 9.88 Å². The lowest BCUT2D eigenvalue weighted by Gasteiger charge is -2.39. The molecule has 0 saturated carbocycles. The normalized spacial score (nSPS) is 19.3. The number of fused-ring (bicyclic) bond motifs is 1. The Morgan fingerprint density at radius 1 is 1.12 bits per heavy atom. The smallest absolute Gasteiger partial charge is 0.161 e. The minimum atomic E-state index is -0.444. The first kappa shape index (κ1) is 15.5. The summed E-state index contributed by atoms with van der Waals surface area (Å²) in [4.78, 5) is 16.1. The highest BCUT2D eigenvalue weighted by Crippen LogP contribution is 2.33. The van der Waals surface area contributed by atoms with Gasteiger partial charge in [-0.15, -0.1) is 0 Å². The molecule has 0 aromatic carbocycles. The average molecular weight is 325 g/mol. The van der Waals surface area contributed by atoms with Crippen molar-refractivity contribution in [3.05, 3.63) is 35.8 Å². The first-order valence-electron chi connectivity index (χ1n) is 8.63. The van der Waals surface area contributed by atoms with E-state index >= 15 is 0 Å². The van der Waals surface area contributed by atoms with Gasteiger partial charge in [0.15, 0.2) is 5.82 Å². The molecule has 3 N–H and O–H groups in total. The molecule has 6 heteroatoms. The van der Waals surface area contributed by atoms with Crippen LogP contribution in [-0.4, -0.2) is 45.3 Å². The maximum atomic E-state index is 9.48. The molecule has 3 heterocycles. The van der Waals surface area contributed by atoms with Gasteiger partial charge in [-0.1, -0.05) is 0 Å². The second-order valence-electron chi connectivity index (χ2n) is 6.89. The first-order chi connectivity index (χ1) is 11.7. The molecule has 1 aliphatic heterocycles. The molecular weight excluding hydrogens is 302 g/mol. The molecule has 0 spiro atoms. The van der Waals surface area contributed by atoms with E-state index in [1.807, 2.05) is 12.1 Å². The van der Waals surface area contributed by atoms with Gasteiger partial charge in [0.2, 0.25) is 0 Å². The number of hydrogen-bond donors (Lipinski definition) is 2. The highest BCUT2D eigenvalue weighted by Gasteiger charge is 2.32. The summed E-state index contributed by atoms with van der Waals surface area (Å²) in [6.45, 7) is 1.71. The number of aliphatic hydroxyl groups is 1. The zero-order chi connectivity index (χ0) is 16.6. The Hall–Kier alpha value is -2.05. The van der Waals surface area contributed by atoms with Crippen LogP contribution in [0, 0.1) is 0 Å². The van der Waals surface area contributed by atoms with E-state index < -0.39 is 5.54 Å². The molecule has 0 amide bonds. The average Bonchev–Trinajstić information content (AvgIpc) is 3.11. The number of hydrogen-bond acceptors (Lipinski definition) is 6. The molecule has 0 bridgehead atoms. The molecule has 24 heavy (non-hydrogen) atoms. The third kappa shape index (κ3) is 2.76. The molecule has 0 radical (unpaired) electrons. The summed E-state index contributed by atoms with van der Waals surface area (Å²) < 4.78 is 0. The summed E-state index contributed by atoms with van der Waals surface area (Å²) in [7, 11) is 0. The van der Waals surface area contributed by atoms with E-state index in [0.29, 0.717) is 0 Å². The lowest BCUT2D eigenvalue weighted by Crippen LogP contribution is -2.53. The van der Waals surface area contributed by atoms with Crippen molar-refractivity contribution in [3.63, 3.8) is 0 Å². The minimum absolute atomic E-state index is 0.0466. The van der Waals surface area contributed by atoms with Gasteiger partial charge in [-0.05, 0) is 44.2 Å². The van der Waals surface area contributed by atoms with Gasteiger partial charge in [0.25, 0.3) is 0 Å². The topological polar surface area (TPSA) is 88.2 Å². The van der Waals surface area contributed by atoms with Crippen molar-refractivity contribution in [2.45, 2.75) is 37.6 Å². The van der Waals surface area contributed by atoms with Gasteiger partial charge in [0.1, 0.15) is 5.82 Å². The van der Waals surface area contributed by atoms with Crippen molar-refractivity contribution >= 4 is 5.82 Å². The number of aromatic nitrogens is 3. The quantitative estimate of drug-likeness (QED) is 0.885. The summed E-state index contributed by atoms with van der Waals surface area (Å²) in [5.74, 6) is 1.84. The molecule has 2 aromatic rings. The molecule has 1 saturated heterocycles. The molecule has 4 rings (SSSR count). The Balaban J connectivity index is 1.69. The monoisotopic (exact) mass is 325 g/mol. The number of nitrogens with two attached hydrogens (primary N) is 1. The molecule has 1 aliphatic carbocycles. The van der Waals surface area contributed by atoms with Crippen molar-refractivity contribution in [1.82, 2.24) is 15.0 Å². The predicted octanol–water partition coefficient (Wildman–Crippen LogP) is 1.32. The van der Waals surface area contributed by atoms with E-state index in [1.165, 1.54) is 11.3 Å². The van der Waals surface area contributed by atoms with E-state index in [4.69, 9.17) is 15.7 Å². The van der Waals surface area contributed by atoms with Crippen LogP contribution in [0.4, 0.5) is 5.82 Å². The van der Waals surface area contributed by atoms with Gasteiger partial charge in [0.05, 0.1) is 6.61 Å². The van der Waals surface area contributed by atoms with E-state index in [1.54, 1.807) is 12.4 Å². The molecule has 0 atom stereocenters. The van der Waals surface area contributed by atoms with Gasteiger partial charge < -0.3 is 15.7 Å². The summed E-state index contributed by atoms with van der Waals surface area (Å²) in [6.07, 6.45) is 8.33. The first-order valence-corrected chi connectivity index (χ1v) is 8.63. The van der Waals surface area contributed by atoms with Crippen LogP contribution in [-0.2, 0) is 12.8 Å². The van der Waals surface area contributed by atoms with Gasteiger partial charge in [-0.25, -0.2) is 9.97 Å². The number of piperidine rings is 1. The Labute approximate surface area is 141 Å². The van der Waals surface area contributed by atoms with E-state index in [9.17, 15) is 5.11 Å². The maximum absolute atomic E-state index is 9.48. The number of anilines is 1. The van der Waals surface area contributed by atoms with E-state index in [-0.39, 0.29) is 6.61 Å². The summed E-state index contributed by atoms with van der Waals surface area (Å²) in [5, 5.41) is 9.48. The van der Waals surface area contributed by atoms with Crippen LogP contribution in [0.2, 0.25) is 0 Å². The lowest BCUT2D eigenvalue weighted by molar-refractivity contribution is 0.170. The molecule has 126 valence electrons. The van der Waals surface area contributed by atoms with Gasteiger partial charge >= 0.3 is 0 Å². The van der Waals surface area contributed by atoms with Crippen LogP contribution in [0.5, 0.6) is 0 Å². The van der Waals surface area contributed by atoms with Crippen LogP contribution in [0.1, 0.15) is 30.5 Å². The second-order valence-corrected chi connectivity index (χ2v) is 6.89. The number of pyridine rings is 1. The molecule has 0 unspecified atom stereocenters. The summed E-state index contributed by atoms with van der Waals surface area (Å²) in [6, 6.07) is 3.90. The van der Waals surface area contributed by atoms with Gasteiger partial charge in [-0.3, -0.25) is 4.98 Å². The number of aryl methyl sites for hydroxylation is 1. The fourth-order valence-electron chi connectivity index (χ4n) is 3.63. The van der Waals surface area contributed by atoms with Crippen molar-refractivity contribution in [2.24, 2.45) is 5.73 Å². The van der Waals surface area contributed by atoms with Crippen molar-refractivity contribution < 1.29 is 5.11 Å². The second kappa shape index (κ2) is 6.11. The third-order valence-corrected chi connectivity index (χ3v) is 5.22. The molecule has 1 fully saturated rings. The molecular formula is C18H23N5O. The van der Waals surface area contributed by atoms with Crippen LogP contribution >= 0.6 is 0 Å². The van der Waals surface area contributed by atoms with Gasteiger partial charge in [0, 0.05) is 47.8 Å². The molecule has 2 aliphatic rings. The number of aliphatic hydroxyl groups excluding tert-OH is 1. The van der Waals surface area contributed by atoms with Crippen molar-refractivity contribution in [3.8, 4) is 11.4 Å². The minimum Gasteiger partial charge on any atom is -0.394 e. The standard InChI is InChI=1S/C18H23N5O/c19-18(12-24)6-10-23(11-7-18)17-14-2-1-3-15(14)21-16(22-17)13-4-8-20-9-5-13/h4-5,8-9,24H,1-3,6-7,10-12,19H2. The van der Waals surface area contributed by atoms with Crippen LogP contribution in [0.25, 0.3) is 11.4 Å². The Morgan fingerprint density at radius 3 is 2.58 bits per heavy atom. The third-order valence-electron chi connectivity index (χ3n) is 5.22. The van der Waals surface area contributed by atoms with Gasteiger partial charge in [-0.2, -0.15) is 0 Å². The van der Waals surface area contributed by atoms with Crippen molar-refractivity contribution in [2.75, 3.05) is 24.6 Å². The van der Waals surface area contributed by atoms with Crippen LogP contribution < -0.4 is 10.6 Å². The van der Waals surface area contributed by atoms with Crippen molar-refractivity contribution in [1.29, 1.82) is 0 Å². The molecule has 2 aromatic heterocycles. The fourth-order valence-corrected chi connectivity index (χ4v) is 3.63. The fraction of sp³-hybridized carbons (Fsp3) is 0.500. The highest BCUT2D eigenvalue weighted by molar-refractivity contribution is 5.61. The number of nitrogens with zero attached hydrogens (tertiary/aromatic N) is 4. The SMILES string of the molecule is NC1(CO)CCN(c2nc(-c3ccncc3)nc3c2CCC3)CC1. The lowest BCUT2D eigenvalue weighted by atomic mass is 9.89. The van der Waals surface area contributed by atoms with Crippen LogP contribution in [0.15, 0.2) is 24.5 Å². The van der Waals surface area contributed by atoms with E-state index in [0.717, 1.165) is 62.4 Å². The maximum Gasteiger partial charge on any atom is 0.161 e. The Morgan fingerprint density at radius 2 is 1.88 bits per heavy atom. The summed E-state index contributed by atoms with van der Waals surface area (Å²) >= 11 is 0. The largest absolute Gasteiger partial charge is 0.394 e. The Bertz CT molecular complexity index is 726.